The van der Waals surface area contributed by atoms with Crippen LogP contribution in [0.4, 0.5) is 11.4 Å². The fourth-order valence-corrected chi connectivity index (χ4v) is 2.58. The first-order valence-electron chi connectivity index (χ1n) is 8.37. The van der Waals surface area contributed by atoms with Gasteiger partial charge in [-0.25, -0.2) is 4.79 Å². The second-order valence-corrected chi connectivity index (χ2v) is 6.01. The van der Waals surface area contributed by atoms with Crippen LogP contribution < -0.4 is 17.2 Å². The number of nitrogens with two attached hydrogens (primary N) is 3. The van der Waals surface area contributed by atoms with Crippen LogP contribution in [0.3, 0.4) is 0 Å². The van der Waals surface area contributed by atoms with E-state index in [-0.39, 0.29) is 24.1 Å². The van der Waals surface area contributed by atoms with Gasteiger partial charge in [-0.05, 0) is 67.9 Å². The van der Waals surface area contributed by atoms with Crippen molar-refractivity contribution in [2.75, 3.05) is 18.0 Å². The van der Waals surface area contributed by atoms with Crippen molar-refractivity contribution >= 4 is 29.2 Å². The zero-order valence-corrected chi connectivity index (χ0v) is 14.7. The number of carbonyl (C=O) groups is 3. The first kappa shape index (κ1) is 19.9. The van der Waals surface area contributed by atoms with E-state index in [1.807, 2.05) is 0 Å². The summed E-state index contributed by atoms with van der Waals surface area (Å²) < 4.78 is 0. The van der Waals surface area contributed by atoms with E-state index in [9.17, 15) is 19.5 Å². The van der Waals surface area contributed by atoms with E-state index in [4.69, 9.17) is 17.2 Å². The van der Waals surface area contributed by atoms with Crippen molar-refractivity contribution in [2.24, 2.45) is 5.73 Å². The van der Waals surface area contributed by atoms with Crippen LogP contribution in [0.2, 0.25) is 0 Å². The zero-order valence-electron chi connectivity index (χ0n) is 14.7. The van der Waals surface area contributed by atoms with E-state index in [0.29, 0.717) is 17.8 Å². The molecule has 2 amide bonds. The molecule has 8 heteroatoms. The van der Waals surface area contributed by atoms with Crippen LogP contribution >= 0.6 is 0 Å². The summed E-state index contributed by atoms with van der Waals surface area (Å²) in [7, 11) is 0. The number of carboxylic acid groups (broad SMARTS) is 1. The molecule has 27 heavy (non-hydrogen) atoms. The lowest BCUT2D eigenvalue weighted by atomic mass is 10.0. The number of aliphatic carboxylic acids is 1. The Balaban J connectivity index is 2.47. The number of rotatable bonds is 7. The van der Waals surface area contributed by atoms with Crippen LogP contribution in [-0.4, -0.2) is 40.4 Å². The summed E-state index contributed by atoms with van der Waals surface area (Å²) in [4.78, 5) is 38.5. The minimum Gasteiger partial charge on any atom is -0.480 e. The van der Waals surface area contributed by atoms with Crippen LogP contribution in [-0.2, 0) is 4.79 Å². The second kappa shape index (κ2) is 8.81. The van der Waals surface area contributed by atoms with Crippen molar-refractivity contribution in [3.05, 3.63) is 59.7 Å². The van der Waals surface area contributed by atoms with Gasteiger partial charge in [0.1, 0.15) is 6.04 Å². The molecule has 1 unspecified atom stereocenters. The fraction of sp³-hybridized carbons (Fsp3) is 0.211. The van der Waals surface area contributed by atoms with Gasteiger partial charge in [0, 0.05) is 22.5 Å². The third kappa shape index (κ3) is 4.83. The number of nitrogen functional groups attached to an aromatic ring is 2. The number of hydrogen-bond acceptors (Lipinski definition) is 6. The third-order valence-corrected chi connectivity index (χ3v) is 4.03. The molecule has 0 aromatic heterocycles. The highest BCUT2D eigenvalue weighted by Crippen LogP contribution is 2.19. The van der Waals surface area contributed by atoms with Crippen molar-refractivity contribution in [1.29, 1.82) is 0 Å². The first-order valence-corrected chi connectivity index (χ1v) is 8.37. The number of carboxylic acids is 1. The van der Waals surface area contributed by atoms with E-state index >= 15 is 0 Å². The smallest absolute Gasteiger partial charge is 0.326 e. The van der Waals surface area contributed by atoms with Crippen LogP contribution in [0.5, 0.6) is 0 Å². The molecule has 8 nitrogen and oxygen atoms in total. The molecule has 142 valence electrons. The summed E-state index contributed by atoms with van der Waals surface area (Å²) in [5.41, 5.74) is 17.9. The maximum absolute atomic E-state index is 13.0. The monoisotopic (exact) mass is 370 g/mol. The van der Waals surface area contributed by atoms with E-state index < -0.39 is 23.8 Å². The molecule has 0 spiro atoms. The molecule has 0 aliphatic rings. The summed E-state index contributed by atoms with van der Waals surface area (Å²) in [5, 5.41) is 9.62. The van der Waals surface area contributed by atoms with Gasteiger partial charge in [-0.15, -0.1) is 0 Å². The Kier molecular flexibility index (Phi) is 6.51. The number of carbonyl (C=O) groups excluding carboxylic acids is 2. The predicted octanol–water partition coefficient (Wildman–Crippen LogP) is 1.33. The highest BCUT2D eigenvalue weighted by atomic mass is 16.4. The topological polar surface area (TPSA) is 153 Å². The number of imide groups is 1. The van der Waals surface area contributed by atoms with Crippen molar-refractivity contribution in [3.8, 4) is 0 Å². The van der Waals surface area contributed by atoms with Gasteiger partial charge in [0.25, 0.3) is 11.8 Å². The Bertz CT molecular complexity index is 761. The number of benzene rings is 2. The minimum absolute atomic E-state index is 0.0489. The van der Waals surface area contributed by atoms with Crippen molar-refractivity contribution in [2.45, 2.75) is 18.9 Å². The van der Waals surface area contributed by atoms with Crippen molar-refractivity contribution < 1.29 is 19.5 Å². The lowest BCUT2D eigenvalue weighted by Crippen LogP contribution is -2.49. The third-order valence-electron chi connectivity index (χ3n) is 4.03. The molecule has 0 aliphatic carbocycles. The van der Waals surface area contributed by atoms with E-state index in [0.717, 1.165) is 4.90 Å². The maximum atomic E-state index is 13.0. The van der Waals surface area contributed by atoms with Gasteiger partial charge in [-0.1, -0.05) is 0 Å². The largest absolute Gasteiger partial charge is 0.480 e. The minimum atomic E-state index is -1.34. The summed E-state index contributed by atoms with van der Waals surface area (Å²) in [6, 6.07) is 10.5. The molecule has 0 saturated heterocycles. The number of hydrogen-bond donors (Lipinski definition) is 4. The molecule has 0 saturated carbocycles. The molecule has 0 heterocycles. The van der Waals surface area contributed by atoms with Crippen LogP contribution in [0.15, 0.2) is 48.5 Å². The van der Waals surface area contributed by atoms with E-state index in [1.54, 1.807) is 0 Å². The Morgan fingerprint density at radius 2 is 1.26 bits per heavy atom. The van der Waals surface area contributed by atoms with Crippen LogP contribution in [0, 0.1) is 0 Å². The molecule has 2 aromatic carbocycles. The molecule has 0 aliphatic heterocycles. The lowest BCUT2D eigenvalue weighted by molar-refractivity contribution is -0.141. The van der Waals surface area contributed by atoms with Gasteiger partial charge >= 0.3 is 5.97 Å². The lowest BCUT2D eigenvalue weighted by Gasteiger charge is -2.27. The van der Waals surface area contributed by atoms with Crippen LogP contribution in [0.25, 0.3) is 0 Å². The molecule has 1 atom stereocenters. The summed E-state index contributed by atoms with van der Waals surface area (Å²) >= 11 is 0. The van der Waals surface area contributed by atoms with Crippen molar-refractivity contribution in [3.63, 3.8) is 0 Å². The van der Waals surface area contributed by atoms with E-state index in [1.165, 1.54) is 48.5 Å². The molecule has 7 N–H and O–H groups in total. The predicted molar refractivity (Wildman–Crippen MR) is 102 cm³/mol. The Labute approximate surface area is 156 Å². The number of nitrogens with zero attached hydrogens (tertiary/aromatic N) is 1. The average molecular weight is 370 g/mol. The normalized spacial score (nSPS) is 11.6. The molecular formula is C19H22N4O4. The van der Waals surface area contributed by atoms with E-state index in [2.05, 4.69) is 0 Å². The quantitative estimate of drug-likeness (QED) is 0.423. The van der Waals surface area contributed by atoms with Gasteiger partial charge in [0.05, 0.1) is 0 Å². The highest BCUT2D eigenvalue weighted by Gasteiger charge is 2.35. The SMILES string of the molecule is NCCCC(C(=O)O)N(C(=O)c1ccc(N)cc1)C(=O)c1ccc(N)cc1. The van der Waals surface area contributed by atoms with Crippen LogP contribution in [0.1, 0.15) is 33.6 Å². The first-order chi connectivity index (χ1) is 12.8. The summed E-state index contributed by atoms with van der Waals surface area (Å²) in [6.07, 6.45) is 0.394. The molecule has 2 aromatic rings. The van der Waals surface area contributed by atoms with Gasteiger partial charge in [-0.2, -0.15) is 0 Å². The van der Waals surface area contributed by atoms with Gasteiger partial charge < -0.3 is 22.3 Å². The maximum Gasteiger partial charge on any atom is 0.326 e. The summed E-state index contributed by atoms with van der Waals surface area (Å²) in [5.74, 6) is -2.72. The molecular weight excluding hydrogens is 348 g/mol. The van der Waals surface area contributed by atoms with Gasteiger partial charge in [0.2, 0.25) is 0 Å². The second-order valence-electron chi connectivity index (χ2n) is 6.01. The molecule has 2 rings (SSSR count). The Morgan fingerprint density at radius 3 is 1.59 bits per heavy atom. The Morgan fingerprint density at radius 1 is 0.852 bits per heavy atom. The standard InChI is InChI=1S/C19H22N4O4/c20-11-1-2-16(19(26)27)23(17(24)12-3-7-14(21)8-4-12)18(25)13-5-9-15(22)10-6-13/h3-10,16H,1-2,11,20-22H2,(H,26,27). The zero-order chi connectivity index (χ0) is 20.0. The van der Waals surface area contributed by atoms with Gasteiger partial charge in [0.15, 0.2) is 0 Å². The van der Waals surface area contributed by atoms with Gasteiger partial charge in [-0.3, -0.25) is 14.5 Å². The van der Waals surface area contributed by atoms with Crippen molar-refractivity contribution in [1.82, 2.24) is 4.90 Å². The molecule has 0 fully saturated rings. The molecule has 0 bridgehead atoms. The Hall–Kier alpha value is -3.39. The molecule has 0 radical (unpaired) electrons. The number of anilines is 2. The average Bonchev–Trinajstić information content (AvgIpc) is 2.65. The highest BCUT2D eigenvalue weighted by molar-refractivity contribution is 6.12. The summed E-state index contributed by atoms with van der Waals surface area (Å²) in [6.45, 7) is 0.240. The number of amides is 2. The fourth-order valence-electron chi connectivity index (χ4n) is 2.58.